The Balaban J connectivity index is 1.64. The molecule has 0 unspecified atom stereocenters. The lowest BCUT2D eigenvalue weighted by molar-refractivity contribution is -0.394. The first-order valence-corrected chi connectivity index (χ1v) is 10.0. The molecule has 0 saturated carbocycles. The average Bonchev–Trinajstić information content (AvgIpc) is 2.88. The fraction of sp³-hybridized carbons (Fsp3) is 0.0870. The molecular weight excluding hydrogens is 476 g/mol. The van der Waals surface area contributed by atoms with Crippen LogP contribution < -0.4 is 19.6 Å². The van der Waals surface area contributed by atoms with Crippen LogP contribution in [0.15, 0.2) is 65.8 Å². The largest absolute Gasteiger partial charge is 0.493 e. The van der Waals surface area contributed by atoms with Crippen LogP contribution in [-0.4, -0.2) is 42.2 Å². The second-order valence-corrected chi connectivity index (χ2v) is 6.98. The lowest BCUT2D eigenvalue weighted by atomic mass is 10.1. The van der Waals surface area contributed by atoms with Crippen molar-refractivity contribution in [3.63, 3.8) is 0 Å². The van der Waals surface area contributed by atoms with Crippen LogP contribution in [0, 0.1) is 20.2 Å². The molecule has 3 aromatic carbocycles. The highest BCUT2D eigenvalue weighted by atomic mass is 16.6. The van der Waals surface area contributed by atoms with E-state index in [0.717, 1.165) is 18.2 Å². The van der Waals surface area contributed by atoms with Gasteiger partial charge in [0.25, 0.3) is 17.3 Å². The van der Waals surface area contributed by atoms with E-state index in [0.29, 0.717) is 17.1 Å². The maximum absolute atomic E-state index is 12.4. The Bertz CT molecular complexity index is 1320. The van der Waals surface area contributed by atoms with Crippen LogP contribution in [0.4, 0.5) is 11.4 Å². The molecule has 1 amide bonds. The molecule has 0 fully saturated rings. The normalized spacial score (nSPS) is 10.5. The van der Waals surface area contributed by atoms with E-state index in [2.05, 4.69) is 10.5 Å². The number of hydrogen-bond acceptors (Lipinski definition) is 10. The molecule has 3 aromatic rings. The minimum Gasteiger partial charge on any atom is -0.493 e. The Morgan fingerprint density at radius 1 is 0.833 bits per heavy atom. The maximum Gasteiger partial charge on any atom is 0.343 e. The molecule has 0 saturated heterocycles. The third-order valence-corrected chi connectivity index (χ3v) is 4.68. The Morgan fingerprint density at radius 3 is 2.00 bits per heavy atom. The van der Waals surface area contributed by atoms with Gasteiger partial charge in [-0.15, -0.1) is 0 Å². The van der Waals surface area contributed by atoms with E-state index in [-0.39, 0.29) is 16.9 Å². The number of benzene rings is 3. The number of hydrogen-bond donors (Lipinski definition) is 1. The summed E-state index contributed by atoms with van der Waals surface area (Å²) in [6.45, 7) is 0. The average molecular weight is 494 g/mol. The second kappa shape index (κ2) is 11.2. The first-order chi connectivity index (χ1) is 17.2. The number of nitrogens with one attached hydrogen (secondary N) is 1. The summed E-state index contributed by atoms with van der Waals surface area (Å²) in [7, 11) is 2.93. The number of nitro groups is 2. The predicted octanol–water partition coefficient (Wildman–Crippen LogP) is 3.50. The molecule has 0 spiro atoms. The van der Waals surface area contributed by atoms with E-state index in [1.54, 1.807) is 18.2 Å². The number of methoxy groups -OCH3 is 2. The monoisotopic (exact) mass is 494 g/mol. The van der Waals surface area contributed by atoms with Crippen LogP contribution in [0.3, 0.4) is 0 Å². The summed E-state index contributed by atoms with van der Waals surface area (Å²) in [6.07, 6.45) is 1.27. The summed E-state index contributed by atoms with van der Waals surface area (Å²) >= 11 is 0. The van der Waals surface area contributed by atoms with Crippen LogP contribution in [-0.2, 0) is 0 Å². The molecule has 1 N–H and O–H groups in total. The highest BCUT2D eigenvalue weighted by molar-refractivity contribution is 5.96. The minimum absolute atomic E-state index is 0.250. The van der Waals surface area contributed by atoms with E-state index < -0.39 is 33.1 Å². The maximum atomic E-state index is 12.4. The summed E-state index contributed by atoms with van der Waals surface area (Å²) in [6, 6.07) is 13.3. The van der Waals surface area contributed by atoms with Crippen molar-refractivity contribution in [1.82, 2.24) is 5.43 Å². The van der Waals surface area contributed by atoms with Crippen molar-refractivity contribution in [1.29, 1.82) is 0 Å². The number of carbonyl (C=O) groups is 2. The smallest absolute Gasteiger partial charge is 0.343 e. The van der Waals surface area contributed by atoms with Crippen LogP contribution >= 0.6 is 0 Å². The van der Waals surface area contributed by atoms with Crippen molar-refractivity contribution in [3.05, 3.63) is 97.6 Å². The van der Waals surface area contributed by atoms with Gasteiger partial charge in [-0.25, -0.2) is 10.2 Å². The number of rotatable bonds is 9. The van der Waals surface area contributed by atoms with Crippen LogP contribution in [0.25, 0.3) is 0 Å². The first kappa shape index (κ1) is 25.3. The minimum atomic E-state index is -0.876. The number of amides is 1. The van der Waals surface area contributed by atoms with E-state index in [9.17, 15) is 29.8 Å². The number of non-ortho nitro benzene ring substituents is 2. The molecule has 0 aromatic heterocycles. The molecule has 0 heterocycles. The SMILES string of the molecule is COc1ccc(C(=O)Oc2ccc(/C=N/NC(=O)c3cc([N+](=O)[O-])cc([N+](=O)[O-])c3)cc2)cc1OC. The summed E-state index contributed by atoms with van der Waals surface area (Å²) in [5.74, 6) is -0.400. The standard InChI is InChI=1S/C23H18N4O9/c1-34-20-8-5-15(11-21(20)35-2)23(29)36-19-6-3-14(4-7-19)13-24-25-22(28)16-9-17(26(30)31)12-18(10-16)27(32)33/h3-13H,1-2H3,(H,25,28)/b24-13+. The van der Waals surface area contributed by atoms with Gasteiger partial charge in [-0.2, -0.15) is 5.10 Å². The van der Waals surface area contributed by atoms with Gasteiger partial charge in [-0.05, 0) is 48.0 Å². The van der Waals surface area contributed by atoms with Gasteiger partial charge >= 0.3 is 5.97 Å². The van der Waals surface area contributed by atoms with Crippen molar-refractivity contribution < 1.29 is 33.6 Å². The number of ether oxygens (including phenoxy) is 3. The van der Waals surface area contributed by atoms with Crippen molar-refractivity contribution in [2.45, 2.75) is 0 Å². The molecule has 0 aliphatic carbocycles. The second-order valence-electron chi connectivity index (χ2n) is 6.98. The van der Waals surface area contributed by atoms with Crippen molar-refractivity contribution in [2.24, 2.45) is 5.10 Å². The lowest BCUT2D eigenvalue weighted by Crippen LogP contribution is -2.18. The van der Waals surface area contributed by atoms with Crippen LogP contribution in [0.1, 0.15) is 26.3 Å². The van der Waals surface area contributed by atoms with Crippen LogP contribution in [0.2, 0.25) is 0 Å². The lowest BCUT2D eigenvalue weighted by Gasteiger charge is -2.09. The van der Waals surface area contributed by atoms with Gasteiger partial charge in [0.2, 0.25) is 0 Å². The number of esters is 1. The molecule has 13 nitrogen and oxygen atoms in total. The van der Waals surface area contributed by atoms with Gasteiger partial charge in [-0.3, -0.25) is 25.0 Å². The molecule has 0 aliphatic heterocycles. The van der Waals surface area contributed by atoms with E-state index in [1.165, 1.54) is 44.7 Å². The third kappa shape index (κ3) is 6.17. The number of carbonyl (C=O) groups excluding carboxylic acids is 2. The van der Waals surface area contributed by atoms with Crippen LogP contribution in [0.5, 0.6) is 17.2 Å². The molecule has 184 valence electrons. The summed E-state index contributed by atoms with van der Waals surface area (Å²) < 4.78 is 15.6. The van der Waals surface area contributed by atoms with Crippen molar-refractivity contribution in [2.75, 3.05) is 14.2 Å². The molecule has 36 heavy (non-hydrogen) atoms. The van der Waals surface area contributed by atoms with Crippen molar-refractivity contribution >= 4 is 29.5 Å². The Hall–Kier alpha value is -5.33. The van der Waals surface area contributed by atoms with Gasteiger partial charge in [0.1, 0.15) is 5.75 Å². The summed E-state index contributed by atoms with van der Waals surface area (Å²) in [4.78, 5) is 44.9. The topological polar surface area (TPSA) is 173 Å². The summed E-state index contributed by atoms with van der Waals surface area (Å²) in [5.41, 5.74) is 1.42. The quantitative estimate of drug-likeness (QED) is 0.153. The molecule has 0 aliphatic rings. The molecule has 3 rings (SSSR count). The highest BCUT2D eigenvalue weighted by Crippen LogP contribution is 2.28. The number of nitrogens with zero attached hydrogens (tertiary/aromatic N) is 3. The third-order valence-electron chi connectivity index (χ3n) is 4.68. The fourth-order valence-electron chi connectivity index (χ4n) is 2.92. The predicted molar refractivity (Wildman–Crippen MR) is 126 cm³/mol. The van der Waals surface area contributed by atoms with E-state index >= 15 is 0 Å². The fourth-order valence-corrected chi connectivity index (χ4v) is 2.92. The Labute approximate surface area is 203 Å². The molecular formula is C23H18N4O9. The van der Waals surface area contributed by atoms with Gasteiger partial charge in [-0.1, -0.05) is 0 Å². The molecule has 0 bridgehead atoms. The van der Waals surface area contributed by atoms with Gasteiger partial charge in [0.15, 0.2) is 11.5 Å². The van der Waals surface area contributed by atoms with E-state index in [1.807, 2.05) is 0 Å². The number of hydrazone groups is 1. The first-order valence-electron chi connectivity index (χ1n) is 10.0. The zero-order valence-electron chi connectivity index (χ0n) is 18.9. The van der Waals surface area contributed by atoms with Gasteiger partial charge in [0.05, 0.1) is 47.5 Å². The molecule has 0 radical (unpaired) electrons. The molecule has 0 atom stereocenters. The highest BCUT2D eigenvalue weighted by Gasteiger charge is 2.19. The van der Waals surface area contributed by atoms with Crippen molar-refractivity contribution in [3.8, 4) is 17.2 Å². The van der Waals surface area contributed by atoms with E-state index in [4.69, 9.17) is 14.2 Å². The Kier molecular flexibility index (Phi) is 7.87. The van der Waals surface area contributed by atoms with Gasteiger partial charge in [0, 0.05) is 12.1 Å². The Morgan fingerprint density at radius 2 is 1.44 bits per heavy atom. The molecule has 13 heteroatoms. The van der Waals surface area contributed by atoms with Gasteiger partial charge < -0.3 is 14.2 Å². The number of nitro benzene ring substituents is 2. The zero-order valence-corrected chi connectivity index (χ0v) is 18.9. The summed E-state index contributed by atoms with van der Waals surface area (Å²) in [5, 5.41) is 25.7. The zero-order chi connectivity index (χ0) is 26.2.